The highest BCUT2D eigenvalue weighted by atomic mass is 16.6. The molecule has 6 N–H and O–H groups in total. The number of hydrogen-bond donors (Lipinski definition) is 5. The zero-order chi connectivity index (χ0) is 31.2. The van der Waals surface area contributed by atoms with Crippen molar-refractivity contribution in [2.45, 2.75) is 96.4 Å². The van der Waals surface area contributed by atoms with Gasteiger partial charge in [-0.05, 0) is 56.4 Å². The molecule has 232 valence electrons. The second kappa shape index (κ2) is 9.87. The third-order valence-electron chi connectivity index (χ3n) is 10.7. The Morgan fingerprint density at radius 3 is 2.52 bits per heavy atom. The van der Waals surface area contributed by atoms with Crippen molar-refractivity contribution in [3.63, 3.8) is 0 Å². The number of fused-ring (bicyclic) bond motifs is 2. The Morgan fingerprint density at radius 2 is 1.90 bits per heavy atom. The maximum Gasteiger partial charge on any atom is 0.349 e. The first-order valence-electron chi connectivity index (χ1n) is 14.6. The molecule has 2 saturated carbocycles. The summed E-state index contributed by atoms with van der Waals surface area (Å²) in [6.07, 6.45) is -4.89. The van der Waals surface area contributed by atoms with Gasteiger partial charge >= 0.3 is 11.9 Å². The zero-order valence-electron chi connectivity index (χ0n) is 24.9. The second-order valence-electron chi connectivity index (χ2n) is 13.7. The Balaban J connectivity index is 1.74. The van der Waals surface area contributed by atoms with Crippen molar-refractivity contribution < 1.29 is 48.7 Å². The van der Waals surface area contributed by atoms with E-state index in [1.807, 2.05) is 13.8 Å². The number of hydrogen-bond acceptors (Lipinski definition) is 11. The van der Waals surface area contributed by atoms with Gasteiger partial charge in [-0.15, -0.1) is 0 Å². The Labute approximate surface area is 244 Å². The number of Topliss-reactive ketones (excluding diaryl/α,β-unsaturated/α-hetero) is 1. The van der Waals surface area contributed by atoms with Crippen molar-refractivity contribution in [3.8, 4) is 0 Å². The van der Waals surface area contributed by atoms with Crippen molar-refractivity contribution >= 4 is 23.6 Å². The van der Waals surface area contributed by atoms with Crippen LogP contribution in [-0.4, -0.2) is 87.7 Å². The summed E-state index contributed by atoms with van der Waals surface area (Å²) in [6, 6.07) is 0. The lowest BCUT2D eigenvalue weighted by Gasteiger charge is -2.70. The monoisotopic (exact) mass is 590 g/mol. The van der Waals surface area contributed by atoms with Gasteiger partial charge in [-0.1, -0.05) is 26.3 Å². The van der Waals surface area contributed by atoms with Crippen LogP contribution in [0.15, 0.2) is 23.0 Å². The molecular formula is C30H42N2O10. The summed E-state index contributed by atoms with van der Waals surface area (Å²) in [4.78, 5) is 53.8. The quantitative estimate of drug-likeness (QED) is 0.215. The van der Waals surface area contributed by atoms with Crippen LogP contribution in [0.25, 0.3) is 0 Å². The van der Waals surface area contributed by atoms with Crippen LogP contribution < -0.4 is 11.1 Å². The highest BCUT2D eigenvalue weighted by molar-refractivity contribution is 5.96. The molecule has 0 aromatic carbocycles. The normalized spacial score (nSPS) is 43.8. The topological polar surface area (TPSA) is 195 Å². The smallest absolute Gasteiger partial charge is 0.349 e. The third-order valence-corrected chi connectivity index (χ3v) is 10.7. The van der Waals surface area contributed by atoms with E-state index in [9.17, 15) is 34.5 Å². The predicted molar refractivity (Wildman–Crippen MR) is 146 cm³/mol. The summed E-state index contributed by atoms with van der Waals surface area (Å²) in [5, 5.41) is 37.2. The SMILES string of the molecule is CC(C)=CC(=O)O[C@H]1C(=O)O[C@@H]2C[C@H]3C(C)=C(O)C(=O)C[C@]3(C)C3[C@@H](O)[C@H](O)[C@@]4(C(=O)NCCC(C)C)OC[C@]32[C@@]14N. The van der Waals surface area contributed by atoms with E-state index in [4.69, 9.17) is 19.9 Å². The molecule has 4 fully saturated rings. The van der Waals surface area contributed by atoms with Gasteiger partial charge in [-0.25, -0.2) is 9.59 Å². The van der Waals surface area contributed by atoms with Gasteiger partial charge in [0.15, 0.2) is 17.1 Å². The molecule has 0 aromatic heterocycles. The Morgan fingerprint density at radius 1 is 1.24 bits per heavy atom. The highest BCUT2D eigenvalue weighted by Crippen LogP contribution is 2.73. The van der Waals surface area contributed by atoms with Gasteiger partial charge in [0.1, 0.15) is 17.7 Å². The molecular weight excluding hydrogens is 548 g/mol. The van der Waals surface area contributed by atoms with E-state index in [1.165, 1.54) is 6.08 Å². The number of ether oxygens (including phenoxy) is 3. The molecule has 12 nitrogen and oxygen atoms in total. The van der Waals surface area contributed by atoms with Gasteiger partial charge < -0.3 is 40.6 Å². The van der Waals surface area contributed by atoms with E-state index < -0.39 is 81.9 Å². The van der Waals surface area contributed by atoms with E-state index in [1.54, 1.807) is 27.7 Å². The fraction of sp³-hybridized carbons (Fsp3) is 0.733. The fourth-order valence-electron chi connectivity index (χ4n) is 8.89. The maximum atomic E-state index is 14.1. The number of rotatable bonds is 6. The van der Waals surface area contributed by atoms with Gasteiger partial charge in [0, 0.05) is 25.0 Å². The Hall–Kier alpha value is -2.80. The summed E-state index contributed by atoms with van der Waals surface area (Å²) in [7, 11) is 0. The molecule has 5 rings (SSSR count). The number of aliphatic hydroxyl groups is 3. The number of ketones is 1. The van der Waals surface area contributed by atoms with Crippen molar-refractivity contribution in [2.75, 3.05) is 13.2 Å². The van der Waals surface area contributed by atoms with Gasteiger partial charge in [-0.2, -0.15) is 0 Å². The minimum atomic E-state index is -2.40. The number of esters is 2. The molecule has 0 radical (unpaired) electrons. The standard InChI is InChI=1S/C30H42N2O10/c1-13(2)7-8-32-26(39)29-23(37)21(36)22-27(6)11-17(33)20(35)15(5)16(27)10-18-28(22,12-40-29)30(29,31)24(25(38)41-18)42-19(34)9-14(3)4/h9,13,16,18,21-24,35-37H,7-8,10-12,31H2,1-6H3,(H,32,39)/t16-,18+,21+,22?,23-,24-,27-,28+,29-,30-/m0/s1. The van der Waals surface area contributed by atoms with Crippen LogP contribution in [-0.2, 0) is 33.4 Å². The first-order chi connectivity index (χ1) is 19.5. The number of carbonyl (C=O) groups is 4. The van der Waals surface area contributed by atoms with Crippen LogP contribution in [0.5, 0.6) is 0 Å². The number of amides is 1. The molecule has 2 aliphatic heterocycles. The highest BCUT2D eigenvalue weighted by Gasteiger charge is 2.90. The average Bonchev–Trinajstić information content (AvgIpc) is 3.10. The van der Waals surface area contributed by atoms with Crippen LogP contribution in [0, 0.1) is 28.6 Å². The average molecular weight is 591 g/mol. The van der Waals surface area contributed by atoms with Crippen LogP contribution in [0.1, 0.15) is 60.8 Å². The molecule has 1 amide bonds. The van der Waals surface area contributed by atoms with Crippen molar-refractivity contribution in [1.82, 2.24) is 5.32 Å². The zero-order valence-corrected chi connectivity index (χ0v) is 24.9. The van der Waals surface area contributed by atoms with Crippen LogP contribution in [0.4, 0.5) is 0 Å². The number of aliphatic hydroxyl groups excluding tert-OH is 3. The van der Waals surface area contributed by atoms with Gasteiger partial charge in [0.25, 0.3) is 5.91 Å². The lowest BCUT2D eigenvalue weighted by molar-refractivity contribution is -0.294. The molecule has 12 heteroatoms. The Bertz CT molecular complexity index is 1290. The minimum absolute atomic E-state index is 0.104. The number of allylic oxidation sites excluding steroid dienone is 3. The van der Waals surface area contributed by atoms with E-state index in [2.05, 4.69) is 5.32 Å². The van der Waals surface area contributed by atoms with E-state index in [0.29, 0.717) is 17.6 Å². The summed E-state index contributed by atoms with van der Waals surface area (Å²) < 4.78 is 17.9. The molecule has 1 spiro atoms. The number of carbonyl (C=O) groups excluding carboxylic acids is 4. The Kier molecular flexibility index (Phi) is 7.20. The summed E-state index contributed by atoms with van der Waals surface area (Å²) in [5.74, 6) is -5.03. The number of nitrogens with two attached hydrogens (primary N) is 1. The van der Waals surface area contributed by atoms with E-state index >= 15 is 0 Å². The lowest BCUT2D eigenvalue weighted by atomic mass is 9.36. The molecule has 10 atom stereocenters. The van der Waals surface area contributed by atoms with Crippen LogP contribution in [0.2, 0.25) is 0 Å². The van der Waals surface area contributed by atoms with Crippen LogP contribution in [0.3, 0.4) is 0 Å². The van der Waals surface area contributed by atoms with E-state index in [0.717, 1.165) is 0 Å². The van der Waals surface area contributed by atoms with Crippen molar-refractivity contribution in [1.29, 1.82) is 0 Å². The van der Waals surface area contributed by atoms with Crippen LogP contribution >= 0.6 is 0 Å². The predicted octanol–water partition coefficient (Wildman–Crippen LogP) is 0.588. The van der Waals surface area contributed by atoms with Crippen molar-refractivity contribution in [3.05, 3.63) is 23.0 Å². The van der Waals surface area contributed by atoms with Crippen molar-refractivity contribution in [2.24, 2.45) is 34.3 Å². The minimum Gasteiger partial charge on any atom is -0.504 e. The summed E-state index contributed by atoms with van der Waals surface area (Å²) in [5.41, 5.74) is 1.01. The molecule has 3 aliphatic carbocycles. The number of nitrogens with one attached hydrogen (secondary N) is 1. The molecule has 0 aromatic rings. The van der Waals surface area contributed by atoms with Gasteiger partial charge in [-0.3, -0.25) is 9.59 Å². The van der Waals surface area contributed by atoms with Gasteiger partial charge in [0.05, 0.1) is 18.1 Å². The largest absolute Gasteiger partial charge is 0.504 e. The molecule has 42 heavy (non-hydrogen) atoms. The lowest BCUT2D eigenvalue weighted by Crippen LogP contribution is -2.91. The second-order valence-corrected chi connectivity index (χ2v) is 13.7. The van der Waals surface area contributed by atoms with Gasteiger partial charge in [0.2, 0.25) is 6.10 Å². The first kappa shape index (κ1) is 30.7. The summed E-state index contributed by atoms with van der Waals surface area (Å²) >= 11 is 0. The fourth-order valence-corrected chi connectivity index (χ4v) is 8.89. The first-order valence-corrected chi connectivity index (χ1v) is 14.6. The maximum absolute atomic E-state index is 14.1. The van der Waals surface area contributed by atoms with E-state index in [-0.39, 0.29) is 37.7 Å². The summed E-state index contributed by atoms with van der Waals surface area (Å²) in [6.45, 7) is 10.5. The molecule has 2 heterocycles. The molecule has 2 bridgehead atoms. The molecule has 2 saturated heterocycles. The molecule has 5 aliphatic rings. The molecule has 1 unspecified atom stereocenters. The third kappa shape index (κ3) is 3.67.